The van der Waals surface area contributed by atoms with Gasteiger partial charge in [0, 0.05) is 32.8 Å². The first-order valence-electron chi connectivity index (χ1n) is 7.62. The molecule has 0 saturated heterocycles. The third kappa shape index (κ3) is 2.77. The second kappa shape index (κ2) is 6.27. The molecule has 3 heteroatoms. The van der Waals surface area contributed by atoms with Crippen LogP contribution in [0.4, 0.5) is 0 Å². The van der Waals surface area contributed by atoms with Crippen molar-refractivity contribution in [3.05, 3.63) is 89.0 Å². The number of nitrogens with zero attached hydrogens (tertiary/aromatic N) is 1. The average molecular weight is 350 g/mol. The van der Waals surface area contributed by atoms with Crippen LogP contribution in [0.2, 0.25) is 10.0 Å². The quantitative estimate of drug-likeness (QED) is 0.384. The van der Waals surface area contributed by atoms with Crippen LogP contribution in [-0.4, -0.2) is 4.98 Å². The minimum Gasteiger partial charge on any atom is -0.255 e. The number of hydrogen-bond acceptors (Lipinski definition) is 1. The molecule has 0 bridgehead atoms. The predicted molar refractivity (Wildman–Crippen MR) is 103 cm³/mol. The van der Waals surface area contributed by atoms with Crippen LogP contribution in [0.3, 0.4) is 0 Å². The minimum atomic E-state index is 0.694. The van der Waals surface area contributed by atoms with Crippen molar-refractivity contribution in [1.29, 1.82) is 0 Å². The first kappa shape index (κ1) is 15.2. The van der Waals surface area contributed by atoms with E-state index in [1.807, 2.05) is 60.8 Å². The van der Waals surface area contributed by atoms with Crippen molar-refractivity contribution in [2.75, 3.05) is 0 Å². The van der Waals surface area contributed by atoms with Gasteiger partial charge in [-0.2, -0.15) is 0 Å². The maximum absolute atomic E-state index is 6.23. The van der Waals surface area contributed by atoms with Crippen molar-refractivity contribution >= 4 is 34.0 Å². The molecule has 1 aromatic heterocycles. The highest BCUT2D eigenvalue weighted by Crippen LogP contribution is 2.37. The van der Waals surface area contributed by atoms with Gasteiger partial charge in [-0.3, -0.25) is 4.98 Å². The lowest BCUT2D eigenvalue weighted by Crippen LogP contribution is -1.91. The third-order valence-electron chi connectivity index (χ3n) is 4.01. The Balaban J connectivity index is 2.09. The number of rotatable bonds is 2. The van der Waals surface area contributed by atoms with Gasteiger partial charge in [0.05, 0.1) is 5.69 Å². The Labute approximate surface area is 150 Å². The van der Waals surface area contributed by atoms with Gasteiger partial charge in [0.15, 0.2) is 0 Å². The Morgan fingerprint density at radius 2 is 1.33 bits per heavy atom. The zero-order valence-corrected chi connectivity index (χ0v) is 14.2. The molecule has 24 heavy (non-hydrogen) atoms. The van der Waals surface area contributed by atoms with Gasteiger partial charge in [-0.15, -0.1) is 0 Å². The summed E-state index contributed by atoms with van der Waals surface area (Å²) in [5.74, 6) is 0. The molecule has 4 aromatic rings. The maximum atomic E-state index is 6.23. The van der Waals surface area contributed by atoms with Crippen LogP contribution in [0.25, 0.3) is 33.2 Å². The molecule has 0 aliphatic rings. The summed E-state index contributed by atoms with van der Waals surface area (Å²) in [7, 11) is 0. The molecule has 0 spiro atoms. The minimum absolute atomic E-state index is 0.694. The van der Waals surface area contributed by atoms with Crippen molar-refractivity contribution < 1.29 is 0 Å². The molecule has 0 atom stereocenters. The highest BCUT2D eigenvalue weighted by Gasteiger charge is 2.13. The van der Waals surface area contributed by atoms with E-state index in [2.05, 4.69) is 18.2 Å². The molecule has 0 fully saturated rings. The second-order valence-electron chi connectivity index (χ2n) is 5.59. The molecule has 0 unspecified atom stereocenters. The van der Waals surface area contributed by atoms with Crippen molar-refractivity contribution in [3.8, 4) is 22.4 Å². The SMILES string of the molecule is Clc1cccc(-c2ncc3ccccc3c2-c2cccc(Cl)c2)c1. The highest BCUT2D eigenvalue weighted by atomic mass is 35.5. The summed E-state index contributed by atoms with van der Waals surface area (Å²) in [6, 6.07) is 23.9. The van der Waals surface area contributed by atoms with E-state index in [-0.39, 0.29) is 0 Å². The lowest BCUT2D eigenvalue weighted by Gasteiger charge is -2.13. The Kier molecular flexibility index (Phi) is 3.97. The van der Waals surface area contributed by atoms with Gasteiger partial charge in [0.25, 0.3) is 0 Å². The molecule has 116 valence electrons. The lowest BCUT2D eigenvalue weighted by atomic mass is 9.94. The van der Waals surface area contributed by atoms with Gasteiger partial charge in [0.2, 0.25) is 0 Å². The average Bonchev–Trinajstić information content (AvgIpc) is 2.60. The summed E-state index contributed by atoms with van der Waals surface area (Å²) >= 11 is 12.4. The normalized spacial score (nSPS) is 10.9. The predicted octanol–water partition coefficient (Wildman–Crippen LogP) is 6.88. The van der Waals surface area contributed by atoms with Crippen molar-refractivity contribution in [1.82, 2.24) is 4.98 Å². The third-order valence-corrected chi connectivity index (χ3v) is 4.48. The number of pyridine rings is 1. The van der Waals surface area contributed by atoms with Gasteiger partial charge in [-0.1, -0.05) is 71.7 Å². The summed E-state index contributed by atoms with van der Waals surface area (Å²) in [4.78, 5) is 4.72. The number of benzene rings is 3. The van der Waals surface area contributed by atoms with E-state index >= 15 is 0 Å². The first-order chi connectivity index (χ1) is 11.7. The van der Waals surface area contributed by atoms with E-state index in [1.54, 1.807) is 0 Å². The first-order valence-corrected chi connectivity index (χ1v) is 8.37. The molecule has 0 N–H and O–H groups in total. The number of hydrogen-bond donors (Lipinski definition) is 0. The van der Waals surface area contributed by atoms with Gasteiger partial charge in [-0.25, -0.2) is 0 Å². The molecule has 0 radical (unpaired) electrons. The van der Waals surface area contributed by atoms with Crippen LogP contribution in [-0.2, 0) is 0 Å². The Bertz CT molecular complexity index is 1040. The van der Waals surface area contributed by atoms with Gasteiger partial charge in [0.1, 0.15) is 0 Å². The fourth-order valence-electron chi connectivity index (χ4n) is 2.95. The van der Waals surface area contributed by atoms with Crippen molar-refractivity contribution in [2.24, 2.45) is 0 Å². The zero-order valence-electron chi connectivity index (χ0n) is 12.7. The van der Waals surface area contributed by atoms with Crippen molar-refractivity contribution in [2.45, 2.75) is 0 Å². The zero-order chi connectivity index (χ0) is 16.5. The van der Waals surface area contributed by atoms with Crippen LogP contribution < -0.4 is 0 Å². The molecule has 1 nitrogen and oxygen atoms in total. The van der Waals surface area contributed by atoms with Crippen LogP contribution in [0.15, 0.2) is 79.0 Å². The molecule has 4 rings (SSSR count). The Morgan fingerprint density at radius 1 is 0.667 bits per heavy atom. The smallest absolute Gasteiger partial charge is 0.0787 e. The molecular formula is C21H13Cl2N. The fourth-order valence-corrected chi connectivity index (χ4v) is 3.33. The van der Waals surface area contributed by atoms with Gasteiger partial charge < -0.3 is 0 Å². The summed E-state index contributed by atoms with van der Waals surface area (Å²) in [6.45, 7) is 0. The molecule has 0 aliphatic carbocycles. The standard InChI is InChI=1S/C21H13Cl2N/c22-17-8-3-6-14(11-17)20-19-10-2-1-5-16(19)13-24-21(20)15-7-4-9-18(23)12-15/h1-13H. The van der Waals surface area contributed by atoms with E-state index in [1.165, 1.54) is 0 Å². The molecular weight excluding hydrogens is 337 g/mol. The second-order valence-corrected chi connectivity index (χ2v) is 6.46. The Morgan fingerprint density at radius 3 is 2.08 bits per heavy atom. The number of aromatic nitrogens is 1. The molecule has 1 heterocycles. The molecule has 0 amide bonds. The summed E-state index contributed by atoms with van der Waals surface area (Å²) < 4.78 is 0. The highest BCUT2D eigenvalue weighted by molar-refractivity contribution is 6.31. The number of halogens is 2. The summed E-state index contributed by atoms with van der Waals surface area (Å²) in [5.41, 5.74) is 4.00. The van der Waals surface area contributed by atoms with E-state index in [0.29, 0.717) is 10.0 Å². The van der Waals surface area contributed by atoms with E-state index < -0.39 is 0 Å². The Hall–Kier alpha value is -2.35. The van der Waals surface area contributed by atoms with E-state index in [0.717, 1.165) is 33.2 Å². The fraction of sp³-hybridized carbons (Fsp3) is 0. The monoisotopic (exact) mass is 349 g/mol. The van der Waals surface area contributed by atoms with E-state index in [9.17, 15) is 0 Å². The maximum Gasteiger partial charge on any atom is 0.0787 e. The number of fused-ring (bicyclic) bond motifs is 1. The van der Waals surface area contributed by atoms with Crippen LogP contribution >= 0.6 is 23.2 Å². The molecule has 3 aromatic carbocycles. The molecule has 0 aliphatic heterocycles. The largest absolute Gasteiger partial charge is 0.255 e. The summed E-state index contributed by atoms with van der Waals surface area (Å²) in [6.07, 6.45) is 1.90. The van der Waals surface area contributed by atoms with Gasteiger partial charge in [-0.05, 0) is 35.2 Å². The topological polar surface area (TPSA) is 12.9 Å². The molecule has 0 saturated carbocycles. The lowest BCUT2D eigenvalue weighted by molar-refractivity contribution is 1.35. The van der Waals surface area contributed by atoms with Crippen molar-refractivity contribution in [3.63, 3.8) is 0 Å². The van der Waals surface area contributed by atoms with Crippen LogP contribution in [0.1, 0.15) is 0 Å². The van der Waals surface area contributed by atoms with E-state index in [4.69, 9.17) is 28.2 Å². The van der Waals surface area contributed by atoms with Crippen LogP contribution in [0, 0.1) is 0 Å². The summed E-state index contributed by atoms with van der Waals surface area (Å²) in [5, 5.41) is 3.64. The van der Waals surface area contributed by atoms with Gasteiger partial charge >= 0.3 is 0 Å². The van der Waals surface area contributed by atoms with Crippen LogP contribution in [0.5, 0.6) is 0 Å².